The molecule has 0 saturated carbocycles. The van der Waals surface area contributed by atoms with Crippen LogP contribution < -0.4 is 10.1 Å². The highest BCUT2D eigenvalue weighted by Crippen LogP contribution is 2.30. The molecule has 3 heterocycles. The lowest BCUT2D eigenvalue weighted by Crippen LogP contribution is -2.40. The first-order chi connectivity index (χ1) is 13.7. The Hall–Kier alpha value is -2.47. The zero-order chi connectivity index (χ0) is 19.3. The van der Waals surface area contributed by atoms with E-state index in [1.807, 2.05) is 42.3 Å². The smallest absolute Gasteiger partial charge is 0.227 e. The molecule has 2 aliphatic heterocycles. The van der Waals surface area contributed by atoms with Crippen LogP contribution >= 0.6 is 0 Å². The molecule has 6 nitrogen and oxygen atoms in total. The topological polar surface area (TPSA) is 67.3 Å². The normalized spacial score (nSPS) is 19.2. The van der Waals surface area contributed by atoms with Gasteiger partial charge in [0.05, 0.1) is 19.1 Å². The van der Waals surface area contributed by atoms with Gasteiger partial charge in [0, 0.05) is 43.5 Å². The summed E-state index contributed by atoms with van der Waals surface area (Å²) in [6.45, 7) is 5.18. The maximum Gasteiger partial charge on any atom is 0.227 e. The van der Waals surface area contributed by atoms with E-state index >= 15 is 0 Å². The lowest BCUT2D eigenvalue weighted by Gasteiger charge is -2.35. The first-order valence-electron chi connectivity index (χ1n) is 10.3. The van der Waals surface area contributed by atoms with Crippen LogP contribution in [0.5, 0.6) is 5.75 Å². The molecule has 1 saturated heterocycles. The Labute approximate surface area is 166 Å². The van der Waals surface area contributed by atoms with E-state index < -0.39 is 0 Å². The number of piperidine rings is 1. The van der Waals surface area contributed by atoms with Crippen LogP contribution in [0.2, 0.25) is 0 Å². The molecule has 0 bridgehead atoms. The van der Waals surface area contributed by atoms with Gasteiger partial charge in [-0.2, -0.15) is 0 Å². The predicted octanol–water partition coefficient (Wildman–Crippen LogP) is 2.82. The minimum Gasteiger partial charge on any atom is -0.494 e. The van der Waals surface area contributed by atoms with Crippen LogP contribution in [-0.2, 0) is 24.2 Å². The molecule has 0 radical (unpaired) electrons. The van der Waals surface area contributed by atoms with Crippen LogP contribution in [0.4, 0.5) is 0 Å². The van der Waals surface area contributed by atoms with Crippen LogP contribution in [0, 0.1) is 0 Å². The molecule has 1 atom stereocenters. The minimum absolute atomic E-state index is 0.0101. The SMILES string of the molecule is CCOc1ccc(CC(=O)N2CCCCC2c2ncc3c(n2)CCNC3)cc1. The van der Waals surface area contributed by atoms with E-state index in [4.69, 9.17) is 9.72 Å². The molecule has 0 spiro atoms. The predicted molar refractivity (Wildman–Crippen MR) is 107 cm³/mol. The molecule has 1 unspecified atom stereocenters. The number of nitrogens with zero attached hydrogens (tertiary/aromatic N) is 3. The minimum atomic E-state index is -0.0101. The second-order valence-electron chi connectivity index (χ2n) is 7.48. The van der Waals surface area contributed by atoms with E-state index in [9.17, 15) is 4.79 Å². The number of carbonyl (C=O) groups is 1. The van der Waals surface area contributed by atoms with Gasteiger partial charge in [-0.1, -0.05) is 12.1 Å². The summed E-state index contributed by atoms with van der Waals surface area (Å²) >= 11 is 0. The van der Waals surface area contributed by atoms with Crippen LogP contribution in [0.3, 0.4) is 0 Å². The van der Waals surface area contributed by atoms with Crippen molar-refractivity contribution in [2.75, 3.05) is 19.7 Å². The van der Waals surface area contributed by atoms with Gasteiger partial charge < -0.3 is 15.0 Å². The maximum absolute atomic E-state index is 13.1. The van der Waals surface area contributed by atoms with E-state index in [2.05, 4.69) is 10.3 Å². The number of carbonyl (C=O) groups excluding carboxylic acids is 1. The summed E-state index contributed by atoms with van der Waals surface area (Å²) < 4.78 is 5.49. The third-order valence-electron chi connectivity index (χ3n) is 5.54. The van der Waals surface area contributed by atoms with Crippen molar-refractivity contribution in [1.29, 1.82) is 0 Å². The molecule has 2 aromatic rings. The number of amides is 1. The fourth-order valence-corrected chi connectivity index (χ4v) is 4.06. The molecule has 0 aliphatic carbocycles. The van der Waals surface area contributed by atoms with E-state index in [0.29, 0.717) is 13.0 Å². The third kappa shape index (κ3) is 4.17. The summed E-state index contributed by atoms with van der Waals surface area (Å²) in [6.07, 6.45) is 6.36. The summed E-state index contributed by atoms with van der Waals surface area (Å²) in [4.78, 5) is 24.5. The molecular formula is C22H28N4O2. The molecule has 4 rings (SSSR count). The second-order valence-corrected chi connectivity index (χ2v) is 7.48. The average molecular weight is 380 g/mol. The van der Waals surface area contributed by atoms with Crippen molar-refractivity contribution in [2.24, 2.45) is 0 Å². The number of nitrogens with one attached hydrogen (secondary N) is 1. The first kappa shape index (κ1) is 18.9. The first-order valence-corrected chi connectivity index (χ1v) is 10.3. The van der Waals surface area contributed by atoms with Gasteiger partial charge in [0.2, 0.25) is 5.91 Å². The van der Waals surface area contributed by atoms with E-state index in [-0.39, 0.29) is 11.9 Å². The van der Waals surface area contributed by atoms with Gasteiger partial charge in [-0.3, -0.25) is 4.79 Å². The van der Waals surface area contributed by atoms with Crippen LogP contribution in [0.15, 0.2) is 30.5 Å². The van der Waals surface area contributed by atoms with Crippen molar-refractivity contribution in [3.05, 3.63) is 53.1 Å². The Kier molecular flexibility index (Phi) is 5.86. The van der Waals surface area contributed by atoms with Crippen molar-refractivity contribution in [1.82, 2.24) is 20.2 Å². The molecule has 1 aromatic carbocycles. The molecule has 2 aliphatic rings. The van der Waals surface area contributed by atoms with Crippen LogP contribution in [0.1, 0.15) is 54.9 Å². The number of aromatic nitrogens is 2. The number of benzene rings is 1. The van der Waals surface area contributed by atoms with Gasteiger partial charge in [0.1, 0.15) is 5.75 Å². The lowest BCUT2D eigenvalue weighted by atomic mass is 9.99. The standard InChI is InChI=1S/C22H28N4O2/c1-2-28-18-8-6-16(7-9-18)13-21(27)26-12-4-3-5-20(26)22-24-15-17-14-23-11-10-19(17)25-22/h6-9,15,20,23H,2-5,10-14H2,1H3. The molecule has 6 heteroatoms. The van der Waals surface area contributed by atoms with Crippen LogP contribution in [-0.4, -0.2) is 40.5 Å². The molecule has 1 aromatic heterocycles. The zero-order valence-corrected chi connectivity index (χ0v) is 16.5. The van der Waals surface area contributed by atoms with Gasteiger partial charge in [0.25, 0.3) is 0 Å². The zero-order valence-electron chi connectivity index (χ0n) is 16.5. The molecule has 28 heavy (non-hydrogen) atoms. The summed E-state index contributed by atoms with van der Waals surface area (Å²) in [5.41, 5.74) is 3.32. The van der Waals surface area contributed by atoms with E-state index in [0.717, 1.165) is 68.1 Å². The quantitative estimate of drug-likeness (QED) is 0.864. The Balaban J connectivity index is 1.49. The summed E-state index contributed by atoms with van der Waals surface area (Å²) in [7, 11) is 0. The molecule has 1 fully saturated rings. The lowest BCUT2D eigenvalue weighted by molar-refractivity contribution is -0.134. The highest BCUT2D eigenvalue weighted by atomic mass is 16.5. The fourth-order valence-electron chi connectivity index (χ4n) is 4.06. The molecule has 148 valence electrons. The van der Waals surface area contributed by atoms with Crippen molar-refractivity contribution in [3.63, 3.8) is 0 Å². The van der Waals surface area contributed by atoms with Crippen molar-refractivity contribution < 1.29 is 9.53 Å². The Morgan fingerprint density at radius 1 is 1.29 bits per heavy atom. The number of ether oxygens (including phenoxy) is 1. The summed E-state index contributed by atoms with van der Waals surface area (Å²) in [6, 6.07) is 7.80. The highest BCUT2D eigenvalue weighted by molar-refractivity contribution is 5.79. The van der Waals surface area contributed by atoms with Crippen molar-refractivity contribution in [2.45, 2.75) is 51.6 Å². The van der Waals surface area contributed by atoms with Gasteiger partial charge in [-0.25, -0.2) is 9.97 Å². The van der Waals surface area contributed by atoms with Gasteiger partial charge >= 0.3 is 0 Å². The van der Waals surface area contributed by atoms with Crippen molar-refractivity contribution in [3.8, 4) is 5.75 Å². The maximum atomic E-state index is 13.1. The second kappa shape index (κ2) is 8.69. The average Bonchev–Trinajstić information content (AvgIpc) is 2.75. The summed E-state index contributed by atoms with van der Waals surface area (Å²) in [5.74, 6) is 1.80. The van der Waals surface area contributed by atoms with E-state index in [1.165, 1.54) is 5.56 Å². The van der Waals surface area contributed by atoms with Gasteiger partial charge in [-0.15, -0.1) is 0 Å². The molecule has 1 N–H and O–H groups in total. The van der Waals surface area contributed by atoms with Gasteiger partial charge in [-0.05, 0) is 43.9 Å². The summed E-state index contributed by atoms with van der Waals surface area (Å²) in [5, 5.41) is 3.35. The largest absolute Gasteiger partial charge is 0.494 e. The van der Waals surface area contributed by atoms with Crippen LogP contribution in [0.25, 0.3) is 0 Å². The Morgan fingerprint density at radius 2 is 2.14 bits per heavy atom. The highest BCUT2D eigenvalue weighted by Gasteiger charge is 2.30. The number of hydrogen-bond donors (Lipinski definition) is 1. The number of likely N-dealkylation sites (tertiary alicyclic amines) is 1. The fraction of sp³-hybridized carbons (Fsp3) is 0.500. The number of rotatable bonds is 5. The van der Waals surface area contributed by atoms with Gasteiger partial charge in [0.15, 0.2) is 5.82 Å². The van der Waals surface area contributed by atoms with E-state index in [1.54, 1.807) is 0 Å². The Morgan fingerprint density at radius 3 is 2.96 bits per heavy atom. The molecule has 1 amide bonds. The van der Waals surface area contributed by atoms with Crippen molar-refractivity contribution >= 4 is 5.91 Å². The Bertz CT molecular complexity index is 822. The number of hydrogen-bond acceptors (Lipinski definition) is 5. The monoisotopic (exact) mass is 380 g/mol. The third-order valence-corrected chi connectivity index (χ3v) is 5.54. The molecular weight excluding hydrogens is 352 g/mol. The number of fused-ring (bicyclic) bond motifs is 1.